The first-order chi connectivity index (χ1) is 8.13. The number of nitrogens with two attached hydrogens (primary N) is 1. The maximum atomic E-state index is 8.58. The summed E-state index contributed by atoms with van der Waals surface area (Å²) >= 11 is 1.64. The highest BCUT2D eigenvalue weighted by Gasteiger charge is 2.43. The van der Waals surface area contributed by atoms with Gasteiger partial charge in [0.1, 0.15) is 5.84 Å². The zero-order valence-corrected chi connectivity index (χ0v) is 10.6. The van der Waals surface area contributed by atoms with Crippen molar-refractivity contribution in [1.29, 1.82) is 0 Å². The van der Waals surface area contributed by atoms with Crippen molar-refractivity contribution in [3.63, 3.8) is 0 Å². The Morgan fingerprint density at radius 2 is 2.41 bits per heavy atom. The van der Waals surface area contributed by atoms with Crippen molar-refractivity contribution in [2.24, 2.45) is 16.3 Å². The molecule has 6 heteroatoms. The van der Waals surface area contributed by atoms with Gasteiger partial charge < -0.3 is 10.9 Å². The molecule has 5 nitrogen and oxygen atoms in total. The zero-order chi connectivity index (χ0) is 12.3. The highest BCUT2D eigenvalue weighted by molar-refractivity contribution is 7.99. The lowest BCUT2D eigenvalue weighted by atomic mass is 10.1. The van der Waals surface area contributed by atoms with Crippen LogP contribution in [0.15, 0.2) is 22.6 Å². The van der Waals surface area contributed by atoms with Crippen LogP contribution in [0.5, 0.6) is 0 Å². The van der Waals surface area contributed by atoms with Crippen molar-refractivity contribution >= 4 is 17.6 Å². The minimum atomic E-state index is 0.189. The van der Waals surface area contributed by atoms with E-state index in [1.807, 2.05) is 13.0 Å². The van der Waals surface area contributed by atoms with E-state index in [9.17, 15) is 0 Å². The molecule has 3 N–H and O–H groups in total. The van der Waals surface area contributed by atoms with E-state index in [1.54, 1.807) is 18.0 Å². The number of thioether (sulfide) groups is 1. The maximum absolute atomic E-state index is 8.58. The third-order valence-electron chi connectivity index (χ3n) is 2.92. The smallest absolute Gasteiger partial charge is 0.187 e. The van der Waals surface area contributed by atoms with Crippen molar-refractivity contribution in [3.8, 4) is 0 Å². The Hall–Kier alpha value is -1.30. The molecule has 1 aliphatic carbocycles. The molecule has 0 saturated heterocycles. The maximum Gasteiger partial charge on any atom is 0.187 e. The van der Waals surface area contributed by atoms with Crippen LogP contribution in [0.2, 0.25) is 0 Å². The van der Waals surface area contributed by atoms with Gasteiger partial charge in [-0.05, 0) is 31.2 Å². The predicted molar refractivity (Wildman–Crippen MR) is 67.2 cm³/mol. The van der Waals surface area contributed by atoms with Crippen LogP contribution < -0.4 is 5.73 Å². The van der Waals surface area contributed by atoms with E-state index in [4.69, 9.17) is 10.9 Å². The van der Waals surface area contributed by atoms with Crippen LogP contribution in [0.25, 0.3) is 0 Å². The number of aryl methyl sites for hydroxylation is 1. The molecule has 2 rings (SSSR count). The summed E-state index contributed by atoms with van der Waals surface area (Å²) in [5.74, 6) is 1.24. The number of oxime groups is 1. The first-order valence-corrected chi connectivity index (χ1v) is 6.51. The minimum absolute atomic E-state index is 0.189. The van der Waals surface area contributed by atoms with Gasteiger partial charge in [0, 0.05) is 24.1 Å². The molecule has 92 valence electrons. The monoisotopic (exact) mass is 252 g/mol. The summed E-state index contributed by atoms with van der Waals surface area (Å²) < 4.78 is 0. The second-order valence-electron chi connectivity index (χ2n) is 4.54. The first-order valence-electron chi connectivity index (χ1n) is 5.52. The third-order valence-corrected chi connectivity index (χ3v) is 4.13. The number of aromatic nitrogens is 2. The lowest BCUT2D eigenvalue weighted by Crippen LogP contribution is -2.19. The van der Waals surface area contributed by atoms with Crippen LogP contribution in [-0.4, -0.2) is 26.8 Å². The van der Waals surface area contributed by atoms with Gasteiger partial charge in [-0.3, -0.25) is 0 Å². The summed E-state index contributed by atoms with van der Waals surface area (Å²) in [4.78, 5) is 8.56. The van der Waals surface area contributed by atoms with Gasteiger partial charge in [-0.25, -0.2) is 9.97 Å². The summed E-state index contributed by atoms with van der Waals surface area (Å²) in [7, 11) is 0. The van der Waals surface area contributed by atoms with E-state index in [0.29, 0.717) is 12.3 Å². The van der Waals surface area contributed by atoms with Crippen molar-refractivity contribution in [2.45, 2.75) is 31.3 Å². The Kier molecular flexibility index (Phi) is 3.51. The number of hydrogen-bond donors (Lipinski definition) is 2. The highest BCUT2D eigenvalue weighted by atomic mass is 32.2. The number of nitrogens with zero attached hydrogens (tertiary/aromatic N) is 3. The van der Waals surface area contributed by atoms with E-state index in [1.165, 1.54) is 0 Å². The largest absolute Gasteiger partial charge is 0.409 e. The summed E-state index contributed by atoms with van der Waals surface area (Å²) in [6.07, 6.45) is 4.68. The normalized spacial score (nSPS) is 18.1. The molecule has 1 aromatic rings. The second kappa shape index (κ2) is 4.91. The van der Waals surface area contributed by atoms with E-state index in [2.05, 4.69) is 15.1 Å². The van der Waals surface area contributed by atoms with Gasteiger partial charge in [0.2, 0.25) is 0 Å². The van der Waals surface area contributed by atoms with E-state index < -0.39 is 0 Å². The molecule has 0 bridgehead atoms. The standard InChI is InChI=1S/C11H16N4OS/c1-8-2-5-13-10(14-8)17-7-11(3-4-11)6-9(12)15-16/h2,5,16H,3-4,6-7H2,1H3,(H2,12,15). The molecule has 0 aliphatic heterocycles. The molecule has 0 atom stereocenters. The fraction of sp³-hybridized carbons (Fsp3) is 0.545. The van der Waals surface area contributed by atoms with Gasteiger partial charge in [-0.1, -0.05) is 16.9 Å². The summed E-state index contributed by atoms with van der Waals surface area (Å²) in [5.41, 5.74) is 6.72. The fourth-order valence-electron chi connectivity index (χ4n) is 1.68. The lowest BCUT2D eigenvalue weighted by Gasteiger charge is -2.12. The van der Waals surface area contributed by atoms with Crippen molar-refractivity contribution in [2.75, 3.05) is 5.75 Å². The van der Waals surface area contributed by atoms with Gasteiger partial charge in [0.25, 0.3) is 0 Å². The molecule has 0 unspecified atom stereocenters. The van der Waals surface area contributed by atoms with E-state index in [-0.39, 0.29) is 5.41 Å². The summed E-state index contributed by atoms with van der Waals surface area (Å²) in [5, 5.41) is 12.4. The number of hydrogen-bond acceptors (Lipinski definition) is 5. The van der Waals surface area contributed by atoms with Gasteiger partial charge in [0.15, 0.2) is 5.16 Å². The summed E-state index contributed by atoms with van der Waals surface area (Å²) in [6, 6.07) is 1.88. The molecular weight excluding hydrogens is 236 g/mol. The molecule has 1 aliphatic rings. The predicted octanol–water partition coefficient (Wildman–Crippen LogP) is 1.79. The Bertz CT molecular complexity index is 431. The highest BCUT2D eigenvalue weighted by Crippen LogP contribution is 2.51. The molecule has 1 aromatic heterocycles. The fourth-order valence-corrected chi connectivity index (χ4v) is 2.85. The van der Waals surface area contributed by atoms with Gasteiger partial charge in [-0.15, -0.1) is 0 Å². The van der Waals surface area contributed by atoms with Crippen LogP contribution in [0.1, 0.15) is 25.0 Å². The van der Waals surface area contributed by atoms with Crippen LogP contribution in [0.4, 0.5) is 0 Å². The van der Waals surface area contributed by atoms with Crippen LogP contribution in [0, 0.1) is 12.3 Å². The molecule has 0 radical (unpaired) electrons. The van der Waals surface area contributed by atoms with Crippen LogP contribution >= 0.6 is 11.8 Å². The summed E-state index contributed by atoms with van der Waals surface area (Å²) in [6.45, 7) is 1.95. The average molecular weight is 252 g/mol. The first kappa shape index (κ1) is 12.2. The lowest BCUT2D eigenvalue weighted by molar-refractivity contribution is 0.315. The molecule has 1 fully saturated rings. The molecule has 0 amide bonds. The molecule has 1 saturated carbocycles. The van der Waals surface area contributed by atoms with Crippen LogP contribution in [-0.2, 0) is 0 Å². The Labute approximate surface area is 105 Å². The Morgan fingerprint density at radius 1 is 1.65 bits per heavy atom. The van der Waals surface area contributed by atoms with E-state index in [0.717, 1.165) is 29.4 Å². The number of amidine groups is 1. The quantitative estimate of drug-likeness (QED) is 0.208. The number of rotatable bonds is 5. The topological polar surface area (TPSA) is 84.4 Å². The van der Waals surface area contributed by atoms with Crippen molar-refractivity contribution in [1.82, 2.24) is 9.97 Å². The molecule has 0 aromatic carbocycles. The third kappa shape index (κ3) is 3.33. The SMILES string of the molecule is Cc1ccnc(SCC2(CC(N)=NO)CC2)n1. The van der Waals surface area contributed by atoms with Gasteiger partial charge >= 0.3 is 0 Å². The van der Waals surface area contributed by atoms with Crippen LogP contribution in [0.3, 0.4) is 0 Å². The molecule has 0 spiro atoms. The Morgan fingerprint density at radius 3 is 3.00 bits per heavy atom. The Balaban J connectivity index is 1.90. The average Bonchev–Trinajstić information content (AvgIpc) is 3.07. The zero-order valence-electron chi connectivity index (χ0n) is 9.76. The molecule has 17 heavy (non-hydrogen) atoms. The molecular formula is C11H16N4OS. The molecule has 1 heterocycles. The van der Waals surface area contributed by atoms with E-state index >= 15 is 0 Å². The van der Waals surface area contributed by atoms with Gasteiger partial charge in [-0.2, -0.15) is 0 Å². The van der Waals surface area contributed by atoms with Crippen molar-refractivity contribution in [3.05, 3.63) is 18.0 Å². The second-order valence-corrected chi connectivity index (χ2v) is 5.48. The van der Waals surface area contributed by atoms with Gasteiger partial charge in [0.05, 0.1) is 0 Å². The minimum Gasteiger partial charge on any atom is -0.409 e. The van der Waals surface area contributed by atoms with Crippen molar-refractivity contribution < 1.29 is 5.21 Å².